The molecule has 2 aromatic heterocycles. The van der Waals surface area contributed by atoms with Crippen molar-refractivity contribution in [2.75, 3.05) is 0 Å². The van der Waals surface area contributed by atoms with Crippen LogP contribution >= 0.6 is 11.6 Å². The highest BCUT2D eigenvalue weighted by molar-refractivity contribution is 6.29. The van der Waals surface area contributed by atoms with Crippen LogP contribution in [0.5, 0.6) is 5.75 Å². The number of pyridine rings is 1. The summed E-state index contributed by atoms with van der Waals surface area (Å²) < 4.78 is 3.57. The lowest BCUT2D eigenvalue weighted by molar-refractivity contribution is 0.452. The maximum atomic E-state index is 11.4. The first-order valence-corrected chi connectivity index (χ1v) is 9.73. The van der Waals surface area contributed by atoms with E-state index in [0.29, 0.717) is 29.8 Å². The topological polar surface area (TPSA) is 60.1 Å². The van der Waals surface area contributed by atoms with Crippen molar-refractivity contribution in [3.63, 3.8) is 0 Å². The fraction of sp³-hybridized carbons (Fsp3) is 0.130. The molecule has 3 heterocycles. The molecular weight excluding hydrogens is 386 g/mol. The van der Waals surface area contributed by atoms with Crippen LogP contribution in [-0.4, -0.2) is 19.2 Å². The molecule has 1 N–H and O–H groups in total. The average Bonchev–Trinajstić information content (AvgIpc) is 3.13. The lowest BCUT2D eigenvalue weighted by atomic mass is 10.1. The number of halogens is 1. The number of nitrogens with zero attached hydrogens (tertiary/aromatic N) is 3. The molecule has 6 heteroatoms. The van der Waals surface area contributed by atoms with Crippen molar-refractivity contribution in [3.8, 4) is 17.3 Å². The molecule has 5 nitrogen and oxygen atoms in total. The highest BCUT2D eigenvalue weighted by Crippen LogP contribution is 2.30. The van der Waals surface area contributed by atoms with E-state index < -0.39 is 5.43 Å². The molecule has 1 aliphatic heterocycles. The number of aromatic hydroxyl groups is 1. The zero-order chi connectivity index (χ0) is 20.2. The lowest BCUT2D eigenvalue weighted by Gasteiger charge is -2.21. The molecule has 4 aromatic rings. The number of benzene rings is 2. The van der Waals surface area contributed by atoms with Crippen LogP contribution in [0.1, 0.15) is 11.1 Å². The van der Waals surface area contributed by atoms with Gasteiger partial charge in [0.1, 0.15) is 10.8 Å². The fourth-order valence-corrected chi connectivity index (χ4v) is 3.59. The number of hydrogen-bond acceptors (Lipinski definition) is 3. The molecule has 1 aliphatic rings. The Kier molecular flexibility index (Phi) is 5.49. The Morgan fingerprint density at radius 1 is 0.931 bits per heavy atom. The van der Waals surface area contributed by atoms with Crippen LogP contribution in [-0.2, 0) is 19.5 Å². The van der Waals surface area contributed by atoms with Crippen molar-refractivity contribution < 1.29 is 5.11 Å². The van der Waals surface area contributed by atoms with Crippen molar-refractivity contribution in [1.82, 2.24) is 14.1 Å². The fourth-order valence-electron chi connectivity index (χ4n) is 3.38. The number of fused-ring (bicyclic) bond motifs is 3. The van der Waals surface area contributed by atoms with Gasteiger partial charge in [0, 0.05) is 25.4 Å². The lowest BCUT2D eigenvalue weighted by Crippen LogP contribution is -2.20. The Morgan fingerprint density at radius 2 is 1.55 bits per heavy atom. The first kappa shape index (κ1) is 19.0. The number of hydrogen-bond donors (Lipinski definition) is 1. The van der Waals surface area contributed by atoms with Crippen molar-refractivity contribution in [3.05, 3.63) is 106 Å². The van der Waals surface area contributed by atoms with Gasteiger partial charge in [0.05, 0.1) is 6.20 Å². The highest BCUT2D eigenvalue weighted by Gasteiger charge is 2.22. The molecule has 0 saturated carbocycles. The predicted molar refractivity (Wildman–Crippen MR) is 114 cm³/mol. The zero-order valence-electron chi connectivity index (χ0n) is 15.7. The van der Waals surface area contributed by atoms with E-state index in [4.69, 9.17) is 11.6 Å². The van der Waals surface area contributed by atoms with E-state index in [1.54, 1.807) is 15.3 Å². The molecule has 0 radical (unpaired) electrons. The summed E-state index contributed by atoms with van der Waals surface area (Å²) in [6.07, 6.45) is 4.20. The molecule has 0 unspecified atom stereocenters. The van der Waals surface area contributed by atoms with Gasteiger partial charge in [0.2, 0.25) is 5.43 Å². The van der Waals surface area contributed by atoms with Gasteiger partial charge in [0.15, 0.2) is 11.6 Å². The van der Waals surface area contributed by atoms with Crippen LogP contribution in [0.3, 0.4) is 0 Å². The van der Waals surface area contributed by atoms with Gasteiger partial charge in [-0.05, 0) is 17.5 Å². The first-order valence-electron chi connectivity index (χ1n) is 9.35. The van der Waals surface area contributed by atoms with Crippen molar-refractivity contribution in [2.45, 2.75) is 19.5 Å². The minimum Gasteiger partial charge on any atom is -0.503 e. The molecule has 2 aromatic carbocycles. The molecule has 0 amide bonds. The molecule has 0 aliphatic carbocycles. The first-order chi connectivity index (χ1) is 14.1. The standard InChI is InChI=1S/C13H12.C10H8ClN3O2/c1-3-7-12(8-4-1)11-13-9-5-2-6-10-13;11-7-5-12-10-8-9(16)6(15)1-2-13(8)3-4-14(7)10/h1-10H,11H2;1-2,5,16H,3-4H2. The normalized spacial score (nSPS) is 11.8. The molecule has 29 heavy (non-hydrogen) atoms. The van der Waals surface area contributed by atoms with E-state index >= 15 is 0 Å². The maximum Gasteiger partial charge on any atom is 0.223 e. The Balaban J connectivity index is 0.000000145. The van der Waals surface area contributed by atoms with E-state index in [-0.39, 0.29) is 5.75 Å². The van der Waals surface area contributed by atoms with Gasteiger partial charge in [-0.2, -0.15) is 0 Å². The molecule has 0 saturated heterocycles. The second-order valence-corrected chi connectivity index (χ2v) is 7.16. The van der Waals surface area contributed by atoms with Crippen molar-refractivity contribution in [2.24, 2.45) is 0 Å². The van der Waals surface area contributed by atoms with E-state index in [2.05, 4.69) is 65.6 Å². The summed E-state index contributed by atoms with van der Waals surface area (Å²) in [5, 5.41) is 10.3. The number of aromatic nitrogens is 3. The van der Waals surface area contributed by atoms with Crippen LogP contribution in [0.2, 0.25) is 5.15 Å². The van der Waals surface area contributed by atoms with Crippen LogP contribution < -0.4 is 5.43 Å². The summed E-state index contributed by atoms with van der Waals surface area (Å²) in [6.45, 7) is 1.34. The number of aryl methyl sites for hydroxylation is 1. The van der Waals surface area contributed by atoms with Gasteiger partial charge in [-0.25, -0.2) is 4.98 Å². The summed E-state index contributed by atoms with van der Waals surface area (Å²) in [6, 6.07) is 22.4. The predicted octanol–water partition coefficient (Wildman–Crippen LogP) is 4.36. The summed E-state index contributed by atoms with van der Waals surface area (Å²) in [5.74, 6) is 0.261. The maximum absolute atomic E-state index is 11.4. The molecule has 146 valence electrons. The van der Waals surface area contributed by atoms with Crippen molar-refractivity contribution in [1.29, 1.82) is 0 Å². The molecule has 5 rings (SSSR count). The molecule has 0 atom stereocenters. The Morgan fingerprint density at radius 3 is 2.17 bits per heavy atom. The van der Waals surface area contributed by atoms with Crippen molar-refractivity contribution >= 4 is 11.6 Å². The minimum absolute atomic E-state index is 0.272. The van der Waals surface area contributed by atoms with Crippen LogP contribution in [0.15, 0.2) is 83.9 Å². The van der Waals surface area contributed by atoms with E-state index in [0.717, 1.165) is 6.42 Å². The third-order valence-electron chi connectivity index (χ3n) is 4.83. The van der Waals surface area contributed by atoms with Gasteiger partial charge in [0.25, 0.3) is 0 Å². The van der Waals surface area contributed by atoms with Gasteiger partial charge in [-0.15, -0.1) is 0 Å². The minimum atomic E-state index is -0.404. The Bertz CT molecular complexity index is 1130. The SMILES string of the molecule is O=c1ccn2c(c1O)-c1ncc(Cl)n1CC2.c1ccc(Cc2ccccc2)cc1. The monoisotopic (exact) mass is 405 g/mol. The van der Waals surface area contributed by atoms with Crippen LogP contribution in [0, 0.1) is 0 Å². The van der Waals surface area contributed by atoms with Gasteiger partial charge in [-0.1, -0.05) is 72.3 Å². The van der Waals surface area contributed by atoms with Gasteiger partial charge < -0.3 is 14.2 Å². The van der Waals surface area contributed by atoms with Gasteiger partial charge >= 0.3 is 0 Å². The van der Waals surface area contributed by atoms with E-state index in [1.807, 2.05) is 0 Å². The number of rotatable bonds is 2. The third kappa shape index (κ3) is 4.10. The Hall–Kier alpha value is -3.31. The summed E-state index contributed by atoms with van der Waals surface area (Å²) >= 11 is 5.95. The van der Waals surface area contributed by atoms with Gasteiger partial charge in [-0.3, -0.25) is 4.79 Å². The largest absolute Gasteiger partial charge is 0.503 e. The molecular formula is C23H20ClN3O2. The third-order valence-corrected chi connectivity index (χ3v) is 5.13. The zero-order valence-corrected chi connectivity index (χ0v) is 16.5. The highest BCUT2D eigenvalue weighted by atomic mass is 35.5. The molecule has 0 spiro atoms. The summed E-state index contributed by atoms with van der Waals surface area (Å²) in [7, 11) is 0. The molecule has 0 bridgehead atoms. The number of imidazole rings is 1. The molecule has 0 fully saturated rings. The van der Waals surface area contributed by atoms with Crippen LogP contribution in [0.25, 0.3) is 11.5 Å². The smallest absolute Gasteiger partial charge is 0.223 e. The summed E-state index contributed by atoms with van der Waals surface area (Å²) in [5.41, 5.74) is 2.77. The second kappa shape index (κ2) is 8.37. The second-order valence-electron chi connectivity index (χ2n) is 6.77. The average molecular weight is 406 g/mol. The van der Waals surface area contributed by atoms with Crippen LogP contribution in [0.4, 0.5) is 0 Å². The quantitative estimate of drug-likeness (QED) is 0.539. The van der Waals surface area contributed by atoms with E-state index in [1.165, 1.54) is 23.4 Å². The summed E-state index contributed by atoms with van der Waals surface area (Å²) in [4.78, 5) is 15.5. The Labute approximate surface area is 173 Å². The van der Waals surface area contributed by atoms with E-state index in [9.17, 15) is 9.90 Å².